The van der Waals surface area contributed by atoms with Crippen LogP contribution in [0.2, 0.25) is 0 Å². The zero-order chi connectivity index (χ0) is 40.2. The Bertz CT molecular complexity index is 2070. The first-order chi connectivity index (χ1) is 27.6. The molecule has 4 aromatic rings. The maximum Gasteiger partial charge on any atom is 0.255 e. The standard InChI is InChI=1S/C48H62N6O3/c1-7-9-20-52(21-10-8-2)47(56)42-31-45(50(6)35(42)4)43-29-38-19-22-53(46(55)28-36-15-17-41(18-16-36)51-25-23-49(5)24-26-51)32-40(38)30-44(43)48(57)54-33-39-14-12-11-13-37(39)27-34(54)3/h11-18,29-31,34H,7-10,19-28,32-33H2,1-6H3/t34-/m1/s1. The van der Waals surface area contributed by atoms with Gasteiger partial charge in [0, 0.05) is 100 Å². The second kappa shape index (κ2) is 17.7. The molecule has 1 aromatic heterocycles. The lowest BCUT2D eigenvalue weighted by atomic mass is 9.89. The Hall–Kier alpha value is -4.89. The highest BCUT2D eigenvalue weighted by molar-refractivity contribution is 6.03. The quantitative estimate of drug-likeness (QED) is 0.149. The molecule has 0 N–H and O–H groups in total. The van der Waals surface area contributed by atoms with E-state index in [2.05, 4.69) is 96.8 Å². The van der Waals surface area contributed by atoms with E-state index in [1.165, 1.54) is 16.8 Å². The van der Waals surface area contributed by atoms with Gasteiger partial charge < -0.3 is 29.1 Å². The molecule has 3 amide bonds. The van der Waals surface area contributed by atoms with Crippen LogP contribution in [0.1, 0.15) is 101 Å². The van der Waals surface area contributed by atoms with E-state index >= 15 is 0 Å². The normalized spacial score (nSPS) is 17.0. The molecular weight excluding hydrogens is 709 g/mol. The summed E-state index contributed by atoms with van der Waals surface area (Å²) in [5, 5.41) is 0. The third-order valence-corrected chi connectivity index (χ3v) is 12.8. The molecule has 0 saturated carbocycles. The molecule has 1 atom stereocenters. The third-order valence-electron chi connectivity index (χ3n) is 12.8. The summed E-state index contributed by atoms with van der Waals surface area (Å²) in [4.78, 5) is 53.7. The Kier molecular flexibility index (Phi) is 12.5. The Morgan fingerprint density at radius 1 is 0.754 bits per heavy atom. The highest BCUT2D eigenvalue weighted by Crippen LogP contribution is 2.36. The molecule has 0 aliphatic carbocycles. The fourth-order valence-corrected chi connectivity index (χ4v) is 8.85. The number of hydrogen-bond acceptors (Lipinski definition) is 5. The minimum atomic E-state index is -0.0158. The van der Waals surface area contributed by atoms with E-state index in [9.17, 15) is 14.4 Å². The van der Waals surface area contributed by atoms with Crippen LogP contribution in [-0.4, -0.2) is 101 Å². The van der Waals surface area contributed by atoms with Gasteiger partial charge in [0.05, 0.1) is 12.0 Å². The molecule has 3 aliphatic rings. The molecule has 0 spiro atoms. The van der Waals surface area contributed by atoms with Crippen LogP contribution in [0.4, 0.5) is 5.69 Å². The lowest BCUT2D eigenvalue weighted by Gasteiger charge is -2.36. The molecule has 7 rings (SSSR count). The SMILES string of the molecule is CCCCN(CCCC)C(=O)c1cc(-c2cc3c(cc2C(=O)N2Cc4ccccc4C[C@H]2C)CN(C(=O)Cc2ccc(N4CCN(C)CC4)cc2)CC3)n(C)c1C. The van der Waals surface area contributed by atoms with Crippen LogP contribution < -0.4 is 4.90 Å². The Balaban J connectivity index is 1.19. The van der Waals surface area contributed by atoms with E-state index in [0.717, 1.165) is 105 Å². The van der Waals surface area contributed by atoms with Crippen LogP contribution in [0.3, 0.4) is 0 Å². The number of fused-ring (bicyclic) bond motifs is 2. The van der Waals surface area contributed by atoms with Crippen LogP contribution in [0.5, 0.6) is 0 Å². The number of anilines is 1. The number of unbranched alkanes of at least 4 members (excludes halogenated alkanes) is 2. The Morgan fingerprint density at radius 2 is 1.44 bits per heavy atom. The van der Waals surface area contributed by atoms with Gasteiger partial charge in [-0.25, -0.2) is 0 Å². The summed E-state index contributed by atoms with van der Waals surface area (Å²) in [6.45, 7) is 15.7. The zero-order valence-electron chi connectivity index (χ0n) is 35.1. The van der Waals surface area contributed by atoms with Gasteiger partial charge in [-0.05, 0) is 105 Å². The molecule has 0 bridgehead atoms. The molecule has 1 fully saturated rings. The maximum atomic E-state index is 15.0. The third kappa shape index (κ3) is 8.69. The Morgan fingerprint density at radius 3 is 2.12 bits per heavy atom. The minimum absolute atomic E-state index is 0.0158. The van der Waals surface area contributed by atoms with E-state index in [4.69, 9.17) is 0 Å². The van der Waals surface area contributed by atoms with E-state index in [1.54, 1.807) is 0 Å². The largest absolute Gasteiger partial charge is 0.369 e. The number of carbonyl (C=O) groups is 3. The van der Waals surface area contributed by atoms with Gasteiger partial charge in [0.15, 0.2) is 0 Å². The Labute approximate surface area is 340 Å². The highest BCUT2D eigenvalue weighted by Gasteiger charge is 2.32. The predicted octanol–water partition coefficient (Wildman–Crippen LogP) is 7.51. The van der Waals surface area contributed by atoms with Gasteiger partial charge in [0.2, 0.25) is 5.91 Å². The molecule has 9 heteroatoms. The van der Waals surface area contributed by atoms with Gasteiger partial charge >= 0.3 is 0 Å². The van der Waals surface area contributed by atoms with Crippen LogP contribution in [0.25, 0.3) is 11.3 Å². The van der Waals surface area contributed by atoms with Crippen molar-refractivity contribution in [2.24, 2.45) is 7.05 Å². The predicted molar refractivity (Wildman–Crippen MR) is 230 cm³/mol. The lowest BCUT2D eigenvalue weighted by molar-refractivity contribution is -0.131. The first-order valence-corrected chi connectivity index (χ1v) is 21.4. The van der Waals surface area contributed by atoms with Gasteiger partial charge in [-0.3, -0.25) is 14.4 Å². The number of hydrogen-bond donors (Lipinski definition) is 0. The average Bonchev–Trinajstić information content (AvgIpc) is 3.52. The summed E-state index contributed by atoms with van der Waals surface area (Å²) in [5.41, 5.74) is 10.8. The number of carbonyl (C=O) groups excluding carboxylic acids is 3. The molecule has 3 aromatic carbocycles. The van der Waals surface area contributed by atoms with E-state index in [1.807, 2.05) is 40.8 Å². The van der Waals surface area contributed by atoms with Crippen molar-refractivity contribution < 1.29 is 14.4 Å². The van der Waals surface area contributed by atoms with Gasteiger partial charge in [0.1, 0.15) is 0 Å². The van der Waals surface area contributed by atoms with E-state index < -0.39 is 0 Å². The number of rotatable bonds is 12. The van der Waals surface area contributed by atoms with Crippen molar-refractivity contribution in [2.75, 3.05) is 57.8 Å². The lowest BCUT2D eigenvalue weighted by Crippen LogP contribution is -2.44. The number of nitrogens with zero attached hydrogens (tertiary/aromatic N) is 6. The fourth-order valence-electron chi connectivity index (χ4n) is 8.85. The van der Waals surface area contributed by atoms with E-state index in [0.29, 0.717) is 43.6 Å². The van der Waals surface area contributed by atoms with Crippen molar-refractivity contribution in [3.05, 3.63) is 111 Å². The van der Waals surface area contributed by atoms with Crippen molar-refractivity contribution in [1.29, 1.82) is 0 Å². The van der Waals surface area contributed by atoms with Crippen LogP contribution in [0, 0.1) is 6.92 Å². The highest BCUT2D eigenvalue weighted by atomic mass is 16.2. The summed E-state index contributed by atoms with van der Waals surface area (Å²) in [6, 6.07) is 23.2. The van der Waals surface area contributed by atoms with Crippen molar-refractivity contribution in [3.8, 4) is 11.3 Å². The molecular formula is C48H62N6O3. The molecule has 57 heavy (non-hydrogen) atoms. The van der Waals surface area contributed by atoms with E-state index in [-0.39, 0.29) is 23.8 Å². The number of piperazine rings is 1. The molecule has 3 aliphatic heterocycles. The summed E-state index contributed by atoms with van der Waals surface area (Å²) in [5.74, 6) is 0.146. The van der Waals surface area contributed by atoms with Crippen molar-refractivity contribution in [1.82, 2.24) is 24.2 Å². The van der Waals surface area contributed by atoms with Gasteiger partial charge in [-0.1, -0.05) is 63.1 Å². The molecule has 1 saturated heterocycles. The van der Waals surface area contributed by atoms with Crippen LogP contribution >= 0.6 is 0 Å². The molecule has 0 radical (unpaired) electrons. The second-order valence-electron chi connectivity index (χ2n) is 16.7. The molecule has 4 heterocycles. The van der Waals surface area contributed by atoms with Gasteiger partial charge in [0.25, 0.3) is 11.8 Å². The van der Waals surface area contributed by atoms with Crippen molar-refractivity contribution >= 4 is 23.4 Å². The zero-order valence-corrected chi connectivity index (χ0v) is 35.1. The number of likely N-dealkylation sites (N-methyl/N-ethyl adjacent to an activating group) is 1. The summed E-state index contributed by atoms with van der Waals surface area (Å²) < 4.78 is 2.09. The topological polar surface area (TPSA) is 72.3 Å². The monoisotopic (exact) mass is 770 g/mol. The van der Waals surface area contributed by atoms with Crippen molar-refractivity contribution in [2.45, 2.75) is 91.8 Å². The summed E-state index contributed by atoms with van der Waals surface area (Å²) in [6.07, 6.45) is 5.85. The second-order valence-corrected chi connectivity index (χ2v) is 16.7. The number of benzene rings is 3. The van der Waals surface area contributed by atoms with Crippen LogP contribution in [0.15, 0.2) is 66.7 Å². The minimum Gasteiger partial charge on any atom is -0.369 e. The fraction of sp³-hybridized carbons (Fsp3) is 0.479. The van der Waals surface area contributed by atoms with Gasteiger partial charge in [-0.15, -0.1) is 0 Å². The summed E-state index contributed by atoms with van der Waals surface area (Å²) in [7, 11) is 4.17. The maximum absolute atomic E-state index is 15.0. The first-order valence-electron chi connectivity index (χ1n) is 21.4. The molecule has 0 unspecified atom stereocenters. The smallest absolute Gasteiger partial charge is 0.255 e. The first kappa shape index (κ1) is 40.3. The molecule has 302 valence electrons. The van der Waals surface area contributed by atoms with Gasteiger partial charge in [-0.2, -0.15) is 0 Å². The number of aromatic nitrogens is 1. The van der Waals surface area contributed by atoms with Crippen molar-refractivity contribution in [3.63, 3.8) is 0 Å². The van der Waals surface area contributed by atoms with Crippen LogP contribution in [-0.2, 0) is 44.2 Å². The average molecular weight is 771 g/mol. The summed E-state index contributed by atoms with van der Waals surface area (Å²) >= 11 is 0. The molecule has 9 nitrogen and oxygen atoms in total. The number of amides is 3.